The van der Waals surface area contributed by atoms with Crippen molar-refractivity contribution in [3.8, 4) is 0 Å². The normalized spacial score (nSPS) is 22.8. The van der Waals surface area contributed by atoms with Crippen molar-refractivity contribution in [3.05, 3.63) is 27.0 Å². The van der Waals surface area contributed by atoms with Gasteiger partial charge in [0.1, 0.15) is 22.1 Å². The Kier molecular flexibility index (Phi) is 6.99. The summed E-state index contributed by atoms with van der Waals surface area (Å²) < 4.78 is 11.3. The lowest BCUT2D eigenvalue weighted by Crippen LogP contribution is -2.47. The Bertz CT molecular complexity index is 694. The second kappa shape index (κ2) is 8.83. The summed E-state index contributed by atoms with van der Waals surface area (Å²) in [6.45, 7) is 5.41. The number of pyridine rings is 1. The third-order valence-electron chi connectivity index (χ3n) is 4.12. The largest absolute Gasteiger partial charge is 0.444 e. The molecule has 1 fully saturated rings. The highest BCUT2D eigenvalue weighted by Crippen LogP contribution is 2.30. The number of ether oxygens (including phenoxy) is 2. The first-order valence-corrected chi connectivity index (χ1v) is 9.45. The number of nitrogens with one attached hydrogen (secondary N) is 2. The second-order valence-corrected chi connectivity index (χ2v) is 8.34. The van der Waals surface area contributed by atoms with E-state index in [1.807, 2.05) is 0 Å². The van der Waals surface area contributed by atoms with E-state index in [0.29, 0.717) is 29.6 Å². The summed E-state index contributed by atoms with van der Waals surface area (Å²) in [7, 11) is 1.61. The molecule has 1 heterocycles. The predicted molar refractivity (Wildman–Crippen MR) is 104 cm³/mol. The van der Waals surface area contributed by atoms with Gasteiger partial charge < -0.3 is 20.1 Å². The highest BCUT2D eigenvalue weighted by molar-refractivity contribution is 9.10. The summed E-state index contributed by atoms with van der Waals surface area (Å²) in [4.78, 5) is 26.8. The molecule has 2 rings (SSSR count). The number of halogens is 1. The van der Waals surface area contributed by atoms with Gasteiger partial charge in [-0.1, -0.05) is 0 Å². The van der Waals surface area contributed by atoms with Crippen molar-refractivity contribution in [2.75, 3.05) is 12.4 Å². The number of amides is 1. The summed E-state index contributed by atoms with van der Waals surface area (Å²) >= 11 is 3.24. The third kappa shape index (κ3) is 6.62. The number of aromatic nitrogens is 1. The van der Waals surface area contributed by atoms with Gasteiger partial charge in [0.25, 0.3) is 0 Å². The Labute approximate surface area is 166 Å². The smallest absolute Gasteiger partial charge is 0.407 e. The third-order valence-corrected chi connectivity index (χ3v) is 4.56. The van der Waals surface area contributed by atoms with Crippen molar-refractivity contribution in [1.82, 2.24) is 10.3 Å². The maximum absolute atomic E-state index is 12.1. The number of alkyl carbamates (subject to hydrolysis) is 1. The summed E-state index contributed by atoms with van der Waals surface area (Å²) in [5, 5.41) is 17.3. The molecule has 150 valence electrons. The van der Waals surface area contributed by atoms with E-state index >= 15 is 0 Å². The Hall–Kier alpha value is -1.94. The van der Waals surface area contributed by atoms with Crippen LogP contribution in [-0.2, 0) is 9.47 Å². The minimum atomic E-state index is -0.582. The lowest BCUT2D eigenvalue weighted by atomic mass is 9.88. The van der Waals surface area contributed by atoms with Crippen LogP contribution in [0.4, 0.5) is 16.2 Å². The minimum absolute atomic E-state index is 0.0829. The molecule has 0 unspecified atom stereocenters. The average molecular weight is 445 g/mol. The molecule has 1 aromatic rings. The molecular formula is C17H25BrN4O5. The SMILES string of the molecule is CO[C@@H]1C[C@H](NC(=O)OC(C)(C)C)C[C@H](Nc2cc(Br)ncc2[N+](=O)[O-])C1. The van der Waals surface area contributed by atoms with E-state index in [4.69, 9.17) is 9.47 Å². The zero-order valence-electron chi connectivity index (χ0n) is 15.8. The number of carbonyl (C=O) groups excluding carboxylic acids is 1. The quantitative estimate of drug-likeness (QED) is 0.404. The van der Waals surface area contributed by atoms with Gasteiger partial charge in [0.2, 0.25) is 0 Å². The van der Waals surface area contributed by atoms with Crippen LogP contribution in [0, 0.1) is 10.1 Å². The standard InChI is InChI=1S/C17H25BrN4O5/c1-17(2,3)27-16(23)21-11-5-10(6-12(7-11)26-4)20-13-8-15(18)19-9-14(13)22(24)25/h8-12H,5-7H2,1-4H3,(H,19,20)(H,21,23)/t10-,11+,12-/m0/s1. The van der Waals surface area contributed by atoms with Gasteiger partial charge in [0.15, 0.2) is 0 Å². The van der Waals surface area contributed by atoms with Crippen LogP contribution in [-0.4, -0.2) is 46.9 Å². The zero-order valence-corrected chi connectivity index (χ0v) is 17.4. The van der Waals surface area contributed by atoms with Gasteiger partial charge in [-0.25, -0.2) is 9.78 Å². The number of nitro groups is 1. The number of methoxy groups -OCH3 is 1. The minimum Gasteiger partial charge on any atom is -0.444 e. The maximum atomic E-state index is 12.1. The van der Waals surface area contributed by atoms with Crippen molar-refractivity contribution >= 4 is 33.4 Å². The Morgan fingerprint density at radius 3 is 2.59 bits per heavy atom. The number of nitrogens with zero attached hydrogens (tertiary/aromatic N) is 2. The Morgan fingerprint density at radius 1 is 1.33 bits per heavy atom. The molecule has 1 aromatic heterocycles. The van der Waals surface area contributed by atoms with Crippen molar-refractivity contribution in [1.29, 1.82) is 0 Å². The second-order valence-electron chi connectivity index (χ2n) is 7.53. The lowest BCUT2D eigenvalue weighted by Gasteiger charge is -2.35. The van der Waals surface area contributed by atoms with Crippen LogP contribution >= 0.6 is 15.9 Å². The fourth-order valence-electron chi connectivity index (χ4n) is 3.07. The topological polar surface area (TPSA) is 116 Å². The molecule has 0 radical (unpaired) electrons. The Morgan fingerprint density at radius 2 is 2.00 bits per heavy atom. The number of anilines is 1. The molecule has 1 aliphatic rings. The molecule has 2 N–H and O–H groups in total. The fourth-order valence-corrected chi connectivity index (χ4v) is 3.40. The molecule has 27 heavy (non-hydrogen) atoms. The van der Waals surface area contributed by atoms with Crippen LogP contribution in [0.5, 0.6) is 0 Å². The van der Waals surface area contributed by atoms with Gasteiger partial charge in [0, 0.05) is 25.3 Å². The molecule has 9 nitrogen and oxygen atoms in total. The first kappa shape index (κ1) is 21.4. The molecule has 0 aliphatic heterocycles. The van der Waals surface area contributed by atoms with E-state index in [2.05, 4.69) is 31.5 Å². The molecule has 1 amide bonds. The van der Waals surface area contributed by atoms with Crippen LogP contribution in [0.3, 0.4) is 0 Å². The van der Waals surface area contributed by atoms with Gasteiger partial charge in [-0.2, -0.15) is 0 Å². The lowest BCUT2D eigenvalue weighted by molar-refractivity contribution is -0.384. The fraction of sp³-hybridized carbons (Fsp3) is 0.647. The molecule has 3 atom stereocenters. The molecule has 0 bridgehead atoms. The maximum Gasteiger partial charge on any atom is 0.407 e. The first-order valence-electron chi connectivity index (χ1n) is 8.66. The van der Waals surface area contributed by atoms with E-state index in [-0.39, 0.29) is 23.9 Å². The van der Waals surface area contributed by atoms with E-state index in [1.54, 1.807) is 33.9 Å². The summed E-state index contributed by atoms with van der Waals surface area (Å²) in [6.07, 6.45) is 2.55. The van der Waals surface area contributed by atoms with Crippen molar-refractivity contribution in [2.45, 2.75) is 63.8 Å². The van der Waals surface area contributed by atoms with Crippen LogP contribution in [0.2, 0.25) is 0 Å². The highest BCUT2D eigenvalue weighted by atomic mass is 79.9. The molecule has 1 aliphatic carbocycles. The van der Waals surface area contributed by atoms with Crippen molar-refractivity contribution in [3.63, 3.8) is 0 Å². The zero-order chi connectivity index (χ0) is 20.2. The van der Waals surface area contributed by atoms with Crippen molar-refractivity contribution in [2.24, 2.45) is 0 Å². The molecular weight excluding hydrogens is 420 g/mol. The highest BCUT2D eigenvalue weighted by Gasteiger charge is 2.32. The number of carbonyl (C=O) groups is 1. The average Bonchev–Trinajstić information content (AvgIpc) is 2.52. The molecule has 0 saturated heterocycles. The van der Waals surface area contributed by atoms with Gasteiger partial charge in [0.05, 0.1) is 11.0 Å². The number of hydrogen-bond donors (Lipinski definition) is 2. The van der Waals surface area contributed by atoms with E-state index in [1.165, 1.54) is 6.20 Å². The summed E-state index contributed by atoms with van der Waals surface area (Å²) in [5.41, 5.74) is -0.310. The van der Waals surface area contributed by atoms with E-state index < -0.39 is 16.6 Å². The first-order chi connectivity index (χ1) is 12.6. The number of hydrogen-bond acceptors (Lipinski definition) is 7. The number of rotatable bonds is 5. The van der Waals surface area contributed by atoms with Crippen molar-refractivity contribution < 1.29 is 19.2 Å². The van der Waals surface area contributed by atoms with Gasteiger partial charge in [-0.15, -0.1) is 0 Å². The van der Waals surface area contributed by atoms with Crippen LogP contribution in [0.15, 0.2) is 16.9 Å². The van der Waals surface area contributed by atoms with Gasteiger partial charge in [-0.3, -0.25) is 10.1 Å². The molecule has 10 heteroatoms. The van der Waals surface area contributed by atoms with E-state index in [0.717, 1.165) is 0 Å². The molecule has 1 saturated carbocycles. The summed E-state index contributed by atoms with van der Waals surface area (Å²) in [5.74, 6) is 0. The molecule has 0 aromatic carbocycles. The van der Waals surface area contributed by atoms with Gasteiger partial charge in [-0.05, 0) is 56.0 Å². The monoisotopic (exact) mass is 444 g/mol. The van der Waals surface area contributed by atoms with Crippen LogP contribution < -0.4 is 10.6 Å². The van der Waals surface area contributed by atoms with Gasteiger partial charge >= 0.3 is 11.8 Å². The summed E-state index contributed by atoms with van der Waals surface area (Å²) in [6, 6.07) is 1.29. The van der Waals surface area contributed by atoms with Crippen LogP contribution in [0.1, 0.15) is 40.0 Å². The predicted octanol–water partition coefficient (Wildman–Crippen LogP) is 3.63. The van der Waals surface area contributed by atoms with Crippen LogP contribution in [0.25, 0.3) is 0 Å². The Balaban J connectivity index is 2.10. The molecule has 0 spiro atoms. The van der Waals surface area contributed by atoms with E-state index in [9.17, 15) is 14.9 Å².